The van der Waals surface area contributed by atoms with Gasteiger partial charge in [0.25, 0.3) is 5.91 Å². The van der Waals surface area contributed by atoms with E-state index in [-0.39, 0.29) is 29.4 Å². The first-order valence-electron chi connectivity index (χ1n) is 5.08. The van der Waals surface area contributed by atoms with E-state index in [1.807, 2.05) is 0 Å². The van der Waals surface area contributed by atoms with Crippen LogP contribution in [0, 0.1) is 5.82 Å². The van der Waals surface area contributed by atoms with Crippen molar-refractivity contribution in [2.45, 2.75) is 12.5 Å². The molecule has 1 aromatic carbocycles. The van der Waals surface area contributed by atoms with Crippen molar-refractivity contribution < 1.29 is 9.18 Å². The van der Waals surface area contributed by atoms with E-state index in [9.17, 15) is 9.18 Å². The van der Waals surface area contributed by atoms with Crippen molar-refractivity contribution in [2.75, 3.05) is 13.1 Å². The molecule has 94 valence electrons. The molecule has 17 heavy (non-hydrogen) atoms. The van der Waals surface area contributed by atoms with Gasteiger partial charge in [0, 0.05) is 19.1 Å². The summed E-state index contributed by atoms with van der Waals surface area (Å²) < 4.78 is 12.8. The van der Waals surface area contributed by atoms with Crippen molar-refractivity contribution in [3.8, 4) is 0 Å². The monoisotopic (exact) mass is 278 g/mol. The standard InChI is InChI=1S/C11H12ClFN2O.ClH/c12-10-5-7(13)1-2-9(10)11(16)15-4-3-8(14)6-15;/h1-2,5,8H,3-4,6,14H2;1H/t8-;/m1./s1. The maximum absolute atomic E-state index is 12.8. The predicted molar refractivity (Wildman–Crippen MR) is 67.2 cm³/mol. The number of hydrogen-bond donors (Lipinski definition) is 1. The lowest BCUT2D eigenvalue weighted by Crippen LogP contribution is -2.32. The Kier molecular flexibility index (Phi) is 4.74. The van der Waals surface area contributed by atoms with Crippen molar-refractivity contribution >= 4 is 29.9 Å². The van der Waals surface area contributed by atoms with E-state index in [1.54, 1.807) is 4.90 Å². The molecule has 0 aliphatic carbocycles. The van der Waals surface area contributed by atoms with E-state index in [4.69, 9.17) is 17.3 Å². The number of nitrogens with two attached hydrogens (primary N) is 1. The van der Waals surface area contributed by atoms with E-state index < -0.39 is 5.82 Å². The van der Waals surface area contributed by atoms with Crippen molar-refractivity contribution in [1.29, 1.82) is 0 Å². The normalized spacial score (nSPS) is 19.0. The van der Waals surface area contributed by atoms with E-state index in [0.29, 0.717) is 18.7 Å². The van der Waals surface area contributed by atoms with E-state index in [1.165, 1.54) is 12.1 Å². The summed E-state index contributed by atoms with van der Waals surface area (Å²) in [7, 11) is 0. The van der Waals surface area contributed by atoms with Crippen LogP contribution in [0.3, 0.4) is 0 Å². The smallest absolute Gasteiger partial charge is 0.255 e. The summed E-state index contributed by atoms with van der Waals surface area (Å²) >= 11 is 5.82. The molecule has 0 saturated carbocycles. The number of rotatable bonds is 1. The molecule has 1 aliphatic heterocycles. The third-order valence-electron chi connectivity index (χ3n) is 2.67. The molecule has 1 atom stereocenters. The first-order valence-corrected chi connectivity index (χ1v) is 5.45. The van der Waals surface area contributed by atoms with Gasteiger partial charge in [0.15, 0.2) is 0 Å². The minimum atomic E-state index is -0.445. The Morgan fingerprint density at radius 3 is 2.76 bits per heavy atom. The Bertz CT molecular complexity index is 428. The Labute approximate surface area is 110 Å². The molecule has 1 aliphatic rings. The SMILES string of the molecule is Cl.N[C@@H]1CCN(C(=O)c2ccc(F)cc2Cl)C1. The fourth-order valence-corrected chi connectivity index (χ4v) is 2.05. The van der Waals surface area contributed by atoms with Gasteiger partial charge >= 0.3 is 0 Å². The van der Waals surface area contributed by atoms with Gasteiger partial charge in [0.1, 0.15) is 5.82 Å². The molecule has 2 N–H and O–H groups in total. The van der Waals surface area contributed by atoms with Crippen LogP contribution in [0.5, 0.6) is 0 Å². The molecular weight excluding hydrogens is 266 g/mol. The number of hydrogen-bond acceptors (Lipinski definition) is 2. The number of halogens is 3. The summed E-state index contributed by atoms with van der Waals surface area (Å²) in [5, 5.41) is 0.144. The molecule has 0 bridgehead atoms. The maximum atomic E-state index is 12.8. The summed E-state index contributed by atoms with van der Waals surface area (Å²) in [6.07, 6.45) is 0.796. The van der Waals surface area contributed by atoms with Crippen LogP contribution in [0.15, 0.2) is 18.2 Å². The molecule has 0 unspecified atom stereocenters. The zero-order valence-corrected chi connectivity index (χ0v) is 10.6. The highest BCUT2D eigenvalue weighted by Crippen LogP contribution is 2.20. The first-order chi connectivity index (χ1) is 7.58. The van der Waals surface area contributed by atoms with Crippen LogP contribution in [-0.4, -0.2) is 29.9 Å². The molecular formula is C11H13Cl2FN2O. The molecule has 1 amide bonds. The topological polar surface area (TPSA) is 46.3 Å². The molecule has 6 heteroatoms. The Morgan fingerprint density at radius 2 is 2.24 bits per heavy atom. The maximum Gasteiger partial charge on any atom is 0.255 e. The molecule has 3 nitrogen and oxygen atoms in total. The van der Waals surface area contributed by atoms with E-state index in [0.717, 1.165) is 12.5 Å². The highest BCUT2D eigenvalue weighted by Gasteiger charge is 2.25. The summed E-state index contributed by atoms with van der Waals surface area (Å²) in [6.45, 7) is 1.17. The van der Waals surface area contributed by atoms with Gasteiger partial charge in [-0.2, -0.15) is 0 Å². The number of benzene rings is 1. The third kappa shape index (κ3) is 3.09. The highest BCUT2D eigenvalue weighted by molar-refractivity contribution is 6.33. The van der Waals surface area contributed by atoms with Crippen LogP contribution in [0.4, 0.5) is 4.39 Å². The fraction of sp³-hybridized carbons (Fsp3) is 0.364. The molecule has 2 rings (SSSR count). The Balaban J connectivity index is 0.00000144. The average Bonchev–Trinajstić information content (AvgIpc) is 2.64. The molecule has 1 saturated heterocycles. The van der Waals surface area contributed by atoms with Gasteiger partial charge in [-0.1, -0.05) is 11.6 Å². The quantitative estimate of drug-likeness (QED) is 0.855. The molecule has 1 aromatic rings. The second-order valence-corrected chi connectivity index (χ2v) is 4.33. The molecule has 0 radical (unpaired) electrons. The van der Waals surface area contributed by atoms with Crippen LogP contribution in [0.1, 0.15) is 16.8 Å². The Hall–Kier alpha value is -0.840. The fourth-order valence-electron chi connectivity index (χ4n) is 1.81. The summed E-state index contributed by atoms with van der Waals surface area (Å²) in [4.78, 5) is 13.6. The minimum absolute atomic E-state index is 0. The van der Waals surface area contributed by atoms with Crippen LogP contribution in [0.2, 0.25) is 5.02 Å². The average molecular weight is 279 g/mol. The van der Waals surface area contributed by atoms with Gasteiger partial charge in [0.2, 0.25) is 0 Å². The largest absolute Gasteiger partial charge is 0.337 e. The predicted octanol–water partition coefficient (Wildman–Crippen LogP) is 2.07. The Morgan fingerprint density at radius 1 is 1.53 bits per heavy atom. The number of likely N-dealkylation sites (tertiary alicyclic amines) is 1. The number of carbonyl (C=O) groups excluding carboxylic acids is 1. The highest BCUT2D eigenvalue weighted by atomic mass is 35.5. The van der Waals surface area contributed by atoms with Gasteiger partial charge in [-0.3, -0.25) is 4.79 Å². The summed E-state index contributed by atoms with van der Waals surface area (Å²) in [5.41, 5.74) is 6.05. The van der Waals surface area contributed by atoms with Gasteiger partial charge in [-0.15, -0.1) is 12.4 Å². The lowest BCUT2D eigenvalue weighted by Gasteiger charge is -2.16. The van der Waals surface area contributed by atoms with E-state index in [2.05, 4.69) is 0 Å². The molecule has 1 fully saturated rings. The first kappa shape index (κ1) is 14.2. The van der Waals surface area contributed by atoms with Crippen LogP contribution < -0.4 is 5.73 Å². The van der Waals surface area contributed by atoms with Crippen LogP contribution >= 0.6 is 24.0 Å². The van der Waals surface area contributed by atoms with E-state index >= 15 is 0 Å². The summed E-state index contributed by atoms with van der Waals surface area (Å²) in [6, 6.07) is 3.81. The van der Waals surface area contributed by atoms with Crippen LogP contribution in [0.25, 0.3) is 0 Å². The zero-order valence-electron chi connectivity index (χ0n) is 9.03. The summed E-state index contributed by atoms with van der Waals surface area (Å²) in [5.74, 6) is -0.627. The number of amides is 1. The second kappa shape index (κ2) is 5.67. The van der Waals surface area contributed by atoms with Gasteiger partial charge in [0.05, 0.1) is 10.6 Å². The van der Waals surface area contributed by atoms with Crippen molar-refractivity contribution in [2.24, 2.45) is 5.73 Å². The lowest BCUT2D eigenvalue weighted by molar-refractivity contribution is 0.0791. The number of carbonyl (C=O) groups is 1. The van der Waals surface area contributed by atoms with Gasteiger partial charge in [-0.05, 0) is 24.6 Å². The minimum Gasteiger partial charge on any atom is -0.337 e. The van der Waals surface area contributed by atoms with Crippen molar-refractivity contribution in [1.82, 2.24) is 4.90 Å². The molecule has 0 spiro atoms. The van der Waals surface area contributed by atoms with Gasteiger partial charge < -0.3 is 10.6 Å². The van der Waals surface area contributed by atoms with Gasteiger partial charge in [-0.25, -0.2) is 4.39 Å². The van der Waals surface area contributed by atoms with Crippen molar-refractivity contribution in [3.05, 3.63) is 34.6 Å². The lowest BCUT2D eigenvalue weighted by atomic mass is 10.2. The molecule has 1 heterocycles. The third-order valence-corrected chi connectivity index (χ3v) is 2.99. The number of nitrogens with zero attached hydrogens (tertiary/aromatic N) is 1. The van der Waals surface area contributed by atoms with Crippen molar-refractivity contribution in [3.63, 3.8) is 0 Å². The second-order valence-electron chi connectivity index (χ2n) is 3.92. The zero-order chi connectivity index (χ0) is 11.7. The molecule has 0 aromatic heterocycles. The van der Waals surface area contributed by atoms with Crippen LogP contribution in [-0.2, 0) is 0 Å².